The fourth-order valence-electron chi connectivity index (χ4n) is 5.22. The van der Waals surface area contributed by atoms with Gasteiger partial charge in [-0.15, -0.1) is 0 Å². The largest absolute Gasteiger partial charge is 0.503 e. The molecule has 3 aromatic rings. The maximum absolute atomic E-state index is 11.3. The maximum Gasteiger partial charge on any atom is 0.204 e. The Morgan fingerprint density at radius 2 is 1.71 bits per heavy atom. The van der Waals surface area contributed by atoms with Crippen molar-refractivity contribution < 1.29 is 14.6 Å². The summed E-state index contributed by atoms with van der Waals surface area (Å²) in [5.41, 5.74) is 8.12. The lowest BCUT2D eigenvalue weighted by Crippen LogP contribution is -2.38. The molecule has 0 spiro atoms. The standard InChI is InChI=1S/C30H38N6O2.CH3NO/c1-21(2)32-25-10-8-24(9-11-25)29-33-27(28(37)30(34-29)36-16-18-38-19-17-36)26(31)23-12-14-35(15-13-23)20-22-6-4-3-5-7-22;2-1-3/h3-11,21,23,31-32,37H,12-20H2,1-2H3;1H,(H2,2,3). The number of morpholine rings is 1. The average Bonchev–Trinajstić information content (AvgIpc) is 2.99. The zero-order valence-corrected chi connectivity index (χ0v) is 23.9. The molecule has 10 heteroatoms. The van der Waals surface area contributed by atoms with Gasteiger partial charge in [0.05, 0.1) is 18.9 Å². The Kier molecular flexibility index (Phi) is 10.6. The lowest BCUT2D eigenvalue weighted by atomic mass is 9.89. The third kappa shape index (κ3) is 8.02. The van der Waals surface area contributed by atoms with Crippen LogP contribution in [0.15, 0.2) is 54.6 Å². The number of hydrogen-bond acceptors (Lipinski definition) is 9. The number of nitrogens with zero attached hydrogens (tertiary/aromatic N) is 4. The van der Waals surface area contributed by atoms with Gasteiger partial charge in [0.1, 0.15) is 5.69 Å². The predicted molar refractivity (Wildman–Crippen MR) is 162 cm³/mol. The first-order valence-electron chi connectivity index (χ1n) is 14.2. The number of amides is 1. The number of ether oxygens (including phenoxy) is 1. The highest BCUT2D eigenvalue weighted by Gasteiger charge is 2.29. The van der Waals surface area contributed by atoms with Gasteiger partial charge in [0.15, 0.2) is 17.4 Å². The topological polar surface area (TPSA) is 141 Å². The third-order valence-electron chi connectivity index (χ3n) is 7.27. The van der Waals surface area contributed by atoms with Crippen LogP contribution < -0.4 is 16.0 Å². The monoisotopic (exact) mass is 559 g/mol. The van der Waals surface area contributed by atoms with Crippen molar-refractivity contribution in [2.75, 3.05) is 49.6 Å². The van der Waals surface area contributed by atoms with E-state index in [-0.39, 0.29) is 18.1 Å². The van der Waals surface area contributed by atoms with E-state index in [0.29, 0.717) is 55.4 Å². The summed E-state index contributed by atoms with van der Waals surface area (Å²) in [4.78, 5) is 22.6. The number of nitrogens with one attached hydrogen (secondary N) is 2. The minimum Gasteiger partial charge on any atom is -0.503 e. The fourth-order valence-corrected chi connectivity index (χ4v) is 5.22. The number of rotatable bonds is 8. The molecule has 0 bridgehead atoms. The van der Waals surface area contributed by atoms with Crippen LogP contribution in [-0.4, -0.2) is 77.5 Å². The van der Waals surface area contributed by atoms with Gasteiger partial charge in [-0.1, -0.05) is 30.3 Å². The minimum atomic E-state index is 0.00506. The van der Waals surface area contributed by atoms with Gasteiger partial charge in [0.2, 0.25) is 6.41 Å². The molecule has 5 N–H and O–H groups in total. The Labute approximate surface area is 242 Å². The lowest BCUT2D eigenvalue weighted by Gasteiger charge is -2.33. The summed E-state index contributed by atoms with van der Waals surface area (Å²) >= 11 is 0. The summed E-state index contributed by atoms with van der Waals surface area (Å²) in [6, 6.07) is 18.9. The third-order valence-corrected chi connectivity index (χ3v) is 7.27. The molecule has 218 valence electrons. The molecule has 0 saturated carbocycles. The Hall–Kier alpha value is -4.02. The zero-order chi connectivity index (χ0) is 29.2. The molecule has 0 radical (unpaired) electrons. The number of primary amides is 1. The Morgan fingerprint density at radius 3 is 2.32 bits per heavy atom. The number of piperidine rings is 1. The van der Waals surface area contributed by atoms with Gasteiger partial charge in [-0.3, -0.25) is 9.69 Å². The summed E-state index contributed by atoms with van der Waals surface area (Å²) in [6.07, 6.45) is 1.99. The molecule has 10 nitrogen and oxygen atoms in total. The van der Waals surface area contributed by atoms with Gasteiger partial charge in [0.25, 0.3) is 0 Å². The number of nitrogens with two attached hydrogens (primary N) is 1. The van der Waals surface area contributed by atoms with Crippen molar-refractivity contribution in [3.8, 4) is 17.1 Å². The molecular weight excluding hydrogens is 518 g/mol. The summed E-state index contributed by atoms with van der Waals surface area (Å²) in [7, 11) is 0. The first-order valence-corrected chi connectivity index (χ1v) is 14.2. The van der Waals surface area contributed by atoms with Crippen LogP contribution in [0.2, 0.25) is 0 Å². The second kappa shape index (κ2) is 14.6. The SMILES string of the molecule is CC(C)Nc1ccc(-c2nc(C(=N)C3CCN(Cc4ccccc4)CC3)c(O)c(N3CCOCC3)n2)cc1.NC=O. The van der Waals surface area contributed by atoms with Crippen molar-refractivity contribution in [1.82, 2.24) is 14.9 Å². The van der Waals surface area contributed by atoms with E-state index in [1.807, 2.05) is 35.2 Å². The van der Waals surface area contributed by atoms with E-state index in [9.17, 15) is 5.11 Å². The Balaban J connectivity index is 0.00000124. The first kappa shape index (κ1) is 30.0. The van der Waals surface area contributed by atoms with E-state index in [4.69, 9.17) is 24.9 Å². The van der Waals surface area contributed by atoms with Crippen LogP contribution in [0.3, 0.4) is 0 Å². The van der Waals surface area contributed by atoms with E-state index in [1.165, 1.54) is 5.56 Å². The minimum absolute atomic E-state index is 0.00506. The molecule has 3 heterocycles. The smallest absolute Gasteiger partial charge is 0.204 e. The molecule has 2 aliphatic rings. The van der Waals surface area contributed by atoms with E-state index in [2.05, 4.69) is 54.1 Å². The van der Waals surface area contributed by atoms with Gasteiger partial charge in [-0.25, -0.2) is 9.97 Å². The van der Waals surface area contributed by atoms with Crippen molar-refractivity contribution in [3.63, 3.8) is 0 Å². The molecule has 2 aromatic carbocycles. The van der Waals surface area contributed by atoms with Gasteiger partial charge < -0.3 is 31.2 Å². The van der Waals surface area contributed by atoms with E-state index in [1.54, 1.807) is 0 Å². The quantitative estimate of drug-likeness (QED) is 0.241. The van der Waals surface area contributed by atoms with Crippen LogP contribution in [0.25, 0.3) is 11.4 Å². The highest BCUT2D eigenvalue weighted by Crippen LogP contribution is 2.34. The van der Waals surface area contributed by atoms with Crippen molar-refractivity contribution in [2.24, 2.45) is 11.7 Å². The van der Waals surface area contributed by atoms with Gasteiger partial charge in [-0.2, -0.15) is 0 Å². The molecule has 2 aliphatic heterocycles. The van der Waals surface area contributed by atoms with Crippen LogP contribution >= 0.6 is 0 Å². The predicted octanol–water partition coefficient (Wildman–Crippen LogP) is 3.89. The average molecular weight is 560 g/mol. The second-order valence-electron chi connectivity index (χ2n) is 10.6. The van der Waals surface area contributed by atoms with Crippen LogP contribution in [0.4, 0.5) is 11.5 Å². The van der Waals surface area contributed by atoms with Gasteiger partial charge in [-0.05, 0) is 69.6 Å². The first-order chi connectivity index (χ1) is 19.9. The van der Waals surface area contributed by atoms with Gasteiger partial charge >= 0.3 is 0 Å². The Bertz CT molecular complexity index is 1270. The number of hydrogen-bond donors (Lipinski definition) is 4. The number of carbonyl (C=O) groups excluding carboxylic acids is 1. The van der Waals surface area contributed by atoms with Crippen LogP contribution in [0.5, 0.6) is 5.75 Å². The van der Waals surface area contributed by atoms with E-state index >= 15 is 0 Å². The molecule has 0 atom stereocenters. The maximum atomic E-state index is 11.3. The van der Waals surface area contributed by atoms with Crippen LogP contribution in [0.1, 0.15) is 37.9 Å². The van der Waals surface area contributed by atoms with Crippen LogP contribution in [0, 0.1) is 11.3 Å². The van der Waals surface area contributed by atoms with Crippen molar-refractivity contribution in [3.05, 3.63) is 65.9 Å². The molecule has 1 aromatic heterocycles. The number of benzene rings is 2. The summed E-state index contributed by atoms with van der Waals surface area (Å²) < 4.78 is 5.53. The normalized spacial score (nSPS) is 16.1. The summed E-state index contributed by atoms with van der Waals surface area (Å²) in [6.45, 7) is 9.43. The van der Waals surface area contributed by atoms with E-state index < -0.39 is 0 Å². The zero-order valence-electron chi connectivity index (χ0n) is 23.9. The summed E-state index contributed by atoms with van der Waals surface area (Å²) in [5, 5.41) is 23.9. The summed E-state index contributed by atoms with van der Waals surface area (Å²) in [5.74, 6) is 1.07. The number of carbonyl (C=O) groups is 1. The molecule has 1 amide bonds. The number of aromatic nitrogens is 2. The number of aromatic hydroxyl groups is 1. The lowest BCUT2D eigenvalue weighted by molar-refractivity contribution is -0.106. The molecule has 0 unspecified atom stereocenters. The van der Waals surface area contributed by atoms with E-state index in [0.717, 1.165) is 43.7 Å². The van der Waals surface area contributed by atoms with Crippen molar-refractivity contribution >= 4 is 23.6 Å². The van der Waals surface area contributed by atoms with Crippen molar-refractivity contribution in [2.45, 2.75) is 39.3 Å². The second-order valence-corrected chi connectivity index (χ2v) is 10.6. The highest BCUT2D eigenvalue weighted by atomic mass is 16.5. The van der Waals surface area contributed by atoms with Crippen molar-refractivity contribution in [1.29, 1.82) is 5.41 Å². The highest BCUT2D eigenvalue weighted by molar-refractivity contribution is 6.02. The van der Waals surface area contributed by atoms with Gasteiger partial charge in [0, 0.05) is 42.8 Å². The molecule has 41 heavy (non-hydrogen) atoms. The number of likely N-dealkylation sites (tertiary alicyclic amines) is 1. The molecular formula is C31H41N7O3. The molecule has 2 saturated heterocycles. The molecule has 5 rings (SSSR count). The Morgan fingerprint density at radius 1 is 1.07 bits per heavy atom. The molecule has 0 aliphatic carbocycles. The number of anilines is 2. The molecule has 2 fully saturated rings. The fraction of sp³-hybridized carbons (Fsp3) is 0.419. The van der Waals surface area contributed by atoms with Crippen LogP contribution in [-0.2, 0) is 16.1 Å².